The third-order valence-corrected chi connectivity index (χ3v) is 3.67. The number of rotatable bonds is 3. The first-order valence-corrected chi connectivity index (χ1v) is 6.53. The summed E-state index contributed by atoms with van der Waals surface area (Å²) in [6.07, 6.45) is 8.07. The van der Waals surface area contributed by atoms with E-state index in [0.717, 1.165) is 5.82 Å². The third kappa shape index (κ3) is 2.80. The third-order valence-electron chi connectivity index (χ3n) is 3.41. The van der Waals surface area contributed by atoms with Crippen LogP contribution in [0, 0.1) is 0 Å². The normalized spacial score (nSPS) is 16.9. The van der Waals surface area contributed by atoms with Crippen LogP contribution in [0.3, 0.4) is 0 Å². The fraction of sp³-hybridized carbons (Fsp3) is 0.667. The van der Waals surface area contributed by atoms with Crippen molar-refractivity contribution in [1.82, 2.24) is 9.97 Å². The van der Waals surface area contributed by atoms with E-state index >= 15 is 0 Å². The van der Waals surface area contributed by atoms with Gasteiger partial charge in [-0.1, -0.05) is 30.9 Å². The Morgan fingerprint density at radius 2 is 2.06 bits per heavy atom. The van der Waals surface area contributed by atoms with E-state index in [1.165, 1.54) is 32.1 Å². The standard InChI is InChI=1S/C12H19ClN4/c1-14-12-15-8-10(13)11(16-12)17(2)9-6-4-3-5-7-9/h8-9H,3-7H2,1-2H3,(H,14,15,16). The Bertz CT molecular complexity index is 377. The smallest absolute Gasteiger partial charge is 0.224 e. The molecule has 0 atom stereocenters. The number of anilines is 2. The van der Waals surface area contributed by atoms with Crippen LogP contribution in [-0.2, 0) is 0 Å². The summed E-state index contributed by atoms with van der Waals surface area (Å²) < 4.78 is 0. The number of hydrogen-bond donors (Lipinski definition) is 1. The van der Waals surface area contributed by atoms with Crippen molar-refractivity contribution in [3.63, 3.8) is 0 Å². The van der Waals surface area contributed by atoms with Crippen molar-refractivity contribution in [1.29, 1.82) is 0 Å². The van der Waals surface area contributed by atoms with Gasteiger partial charge in [0.25, 0.3) is 0 Å². The molecule has 5 heteroatoms. The Hall–Kier alpha value is -1.03. The lowest BCUT2D eigenvalue weighted by Crippen LogP contribution is -2.34. The number of nitrogens with zero attached hydrogens (tertiary/aromatic N) is 3. The maximum absolute atomic E-state index is 6.17. The van der Waals surface area contributed by atoms with Crippen LogP contribution in [0.15, 0.2) is 6.20 Å². The molecule has 4 nitrogen and oxygen atoms in total. The van der Waals surface area contributed by atoms with Crippen LogP contribution in [0.5, 0.6) is 0 Å². The summed E-state index contributed by atoms with van der Waals surface area (Å²) in [7, 11) is 3.89. The van der Waals surface area contributed by atoms with Gasteiger partial charge in [0.15, 0.2) is 5.82 Å². The Kier molecular flexibility index (Phi) is 4.05. The highest BCUT2D eigenvalue weighted by molar-refractivity contribution is 6.32. The SMILES string of the molecule is CNc1ncc(Cl)c(N(C)C2CCCCC2)n1. The molecular formula is C12H19ClN4. The minimum atomic E-state index is 0.556. The van der Waals surface area contributed by atoms with Crippen molar-refractivity contribution in [3.8, 4) is 0 Å². The highest BCUT2D eigenvalue weighted by Gasteiger charge is 2.21. The van der Waals surface area contributed by atoms with Gasteiger partial charge >= 0.3 is 0 Å². The first-order valence-electron chi connectivity index (χ1n) is 6.15. The molecule has 0 radical (unpaired) electrons. The molecule has 94 valence electrons. The lowest BCUT2D eigenvalue weighted by molar-refractivity contribution is 0.426. The summed E-state index contributed by atoms with van der Waals surface area (Å²) >= 11 is 6.17. The molecule has 0 aromatic carbocycles. The molecule has 1 saturated carbocycles. The highest BCUT2D eigenvalue weighted by atomic mass is 35.5. The van der Waals surface area contributed by atoms with Crippen LogP contribution < -0.4 is 10.2 Å². The summed E-state index contributed by atoms with van der Waals surface area (Å²) in [6, 6.07) is 0.556. The van der Waals surface area contributed by atoms with Gasteiger partial charge in [-0.15, -0.1) is 0 Å². The monoisotopic (exact) mass is 254 g/mol. The van der Waals surface area contributed by atoms with E-state index < -0.39 is 0 Å². The van der Waals surface area contributed by atoms with Gasteiger partial charge in [-0.2, -0.15) is 4.98 Å². The molecular weight excluding hydrogens is 236 g/mol. The molecule has 1 aromatic heterocycles. The highest BCUT2D eigenvalue weighted by Crippen LogP contribution is 2.29. The van der Waals surface area contributed by atoms with E-state index in [9.17, 15) is 0 Å². The Balaban J connectivity index is 2.19. The molecule has 1 fully saturated rings. The summed E-state index contributed by atoms with van der Waals surface area (Å²) in [5.41, 5.74) is 0. The predicted octanol–water partition coefficient (Wildman–Crippen LogP) is 2.94. The second kappa shape index (κ2) is 5.54. The van der Waals surface area contributed by atoms with Gasteiger partial charge in [0.05, 0.1) is 6.20 Å². The van der Waals surface area contributed by atoms with Gasteiger partial charge in [-0.25, -0.2) is 4.98 Å². The molecule has 0 spiro atoms. The zero-order valence-corrected chi connectivity index (χ0v) is 11.2. The van der Waals surface area contributed by atoms with E-state index in [4.69, 9.17) is 11.6 Å². The number of halogens is 1. The largest absolute Gasteiger partial charge is 0.357 e. The fourth-order valence-corrected chi connectivity index (χ4v) is 2.59. The average Bonchev–Trinajstić information content (AvgIpc) is 2.39. The molecule has 1 aromatic rings. The minimum Gasteiger partial charge on any atom is -0.357 e. The van der Waals surface area contributed by atoms with Gasteiger partial charge in [-0.3, -0.25) is 0 Å². The van der Waals surface area contributed by atoms with Crippen LogP contribution in [0.2, 0.25) is 5.02 Å². The molecule has 0 amide bonds. The van der Waals surface area contributed by atoms with Crippen molar-refractivity contribution in [2.75, 3.05) is 24.3 Å². The van der Waals surface area contributed by atoms with E-state index in [1.807, 2.05) is 7.05 Å². The molecule has 1 N–H and O–H groups in total. The maximum Gasteiger partial charge on any atom is 0.224 e. The zero-order chi connectivity index (χ0) is 12.3. The molecule has 1 heterocycles. The lowest BCUT2D eigenvalue weighted by Gasteiger charge is -2.32. The van der Waals surface area contributed by atoms with Crippen molar-refractivity contribution in [2.24, 2.45) is 0 Å². The summed E-state index contributed by atoms with van der Waals surface area (Å²) in [6.45, 7) is 0. The molecule has 1 aliphatic carbocycles. The van der Waals surface area contributed by atoms with Crippen molar-refractivity contribution in [3.05, 3.63) is 11.2 Å². The Morgan fingerprint density at radius 3 is 2.71 bits per heavy atom. The fourth-order valence-electron chi connectivity index (χ4n) is 2.37. The van der Waals surface area contributed by atoms with Crippen LogP contribution in [0.25, 0.3) is 0 Å². The Morgan fingerprint density at radius 1 is 1.35 bits per heavy atom. The lowest BCUT2D eigenvalue weighted by atomic mass is 9.94. The van der Waals surface area contributed by atoms with Crippen LogP contribution in [-0.4, -0.2) is 30.1 Å². The van der Waals surface area contributed by atoms with E-state index in [2.05, 4.69) is 27.2 Å². The number of hydrogen-bond acceptors (Lipinski definition) is 4. The van der Waals surface area contributed by atoms with Crippen molar-refractivity contribution < 1.29 is 0 Å². The van der Waals surface area contributed by atoms with E-state index in [1.54, 1.807) is 6.20 Å². The van der Waals surface area contributed by atoms with Gasteiger partial charge in [-0.05, 0) is 12.8 Å². The minimum absolute atomic E-state index is 0.556. The summed E-state index contributed by atoms with van der Waals surface area (Å²) in [5, 5.41) is 3.57. The first-order chi connectivity index (χ1) is 8.22. The van der Waals surface area contributed by atoms with Gasteiger partial charge in [0, 0.05) is 20.1 Å². The molecule has 2 rings (SSSR count). The number of aromatic nitrogens is 2. The van der Waals surface area contributed by atoms with E-state index in [-0.39, 0.29) is 0 Å². The second-order valence-electron chi connectivity index (χ2n) is 4.52. The molecule has 0 saturated heterocycles. The first kappa shape index (κ1) is 12.4. The second-order valence-corrected chi connectivity index (χ2v) is 4.93. The summed E-state index contributed by atoms with van der Waals surface area (Å²) in [4.78, 5) is 10.7. The Labute approximate surface area is 107 Å². The summed E-state index contributed by atoms with van der Waals surface area (Å²) in [5.74, 6) is 1.45. The van der Waals surface area contributed by atoms with Crippen molar-refractivity contribution >= 4 is 23.4 Å². The van der Waals surface area contributed by atoms with Gasteiger partial charge < -0.3 is 10.2 Å². The topological polar surface area (TPSA) is 41.1 Å². The van der Waals surface area contributed by atoms with Crippen LogP contribution in [0.1, 0.15) is 32.1 Å². The van der Waals surface area contributed by atoms with Gasteiger partial charge in [0.2, 0.25) is 5.95 Å². The molecule has 1 aliphatic rings. The maximum atomic E-state index is 6.17. The predicted molar refractivity (Wildman–Crippen MR) is 71.9 cm³/mol. The van der Waals surface area contributed by atoms with E-state index in [0.29, 0.717) is 17.0 Å². The van der Waals surface area contributed by atoms with Gasteiger partial charge in [0.1, 0.15) is 5.02 Å². The quantitative estimate of drug-likeness (QED) is 0.901. The van der Waals surface area contributed by atoms with Crippen LogP contribution in [0.4, 0.5) is 11.8 Å². The molecule has 0 unspecified atom stereocenters. The molecule has 0 aliphatic heterocycles. The molecule has 0 bridgehead atoms. The number of nitrogens with one attached hydrogen (secondary N) is 1. The van der Waals surface area contributed by atoms with Crippen LogP contribution >= 0.6 is 11.6 Å². The zero-order valence-electron chi connectivity index (χ0n) is 10.4. The average molecular weight is 255 g/mol. The molecule has 17 heavy (non-hydrogen) atoms. The van der Waals surface area contributed by atoms with Crippen molar-refractivity contribution in [2.45, 2.75) is 38.1 Å².